The fourth-order valence-electron chi connectivity index (χ4n) is 2.58. The number of aromatic hydroxyl groups is 1. The van der Waals surface area contributed by atoms with Gasteiger partial charge in [0.25, 0.3) is 10.0 Å². The topological polar surface area (TPSA) is 78.8 Å². The SMILES string of the molecule is Cc1ccc(NS(=O)(=O)c2ccc(N=Cc3ccccc3O)cc2)c(C)c1. The number of benzene rings is 3. The number of phenolic OH excluding ortho intramolecular Hbond substituents is 1. The summed E-state index contributed by atoms with van der Waals surface area (Å²) in [5.41, 5.74) is 3.67. The second kappa shape index (κ2) is 7.63. The summed E-state index contributed by atoms with van der Waals surface area (Å²) >= 11 is 0. The standard InChI is InChI=1S/C21H20N2O3S/c1-15-7-12-20(16(2)13-15)23-27(25,26)19-10-8-18(9-11-19)22-14-17-5-3-4-6-21(17)24/h3-14,23-24H,1-2H3. The van der Waals surface area contributed by atoms with Crippen molar-refractivity contribution in [3.63, 3.8) is 0 Å². The molecule has 3 aromatic carbocycles. The van der Waals surface area contributed by atoms with E-state index in [1.165, 1.54) is 18.3 Å². The zero-order chi connectivity index (χ0) is 19.4. The Kier molecular flexibility index (Phi) is 5.28. The summed E-state index contributed by atoms with van der Waals surface area (Å²) in [4.78, 5) is 4.42. The summed E-state index contributed by atoms with van der Waals surface area (Å²) in [7, 11) is -3.68. The molecule has 3 rings (SSSR count). The first-order chi connectivity index (χ1) is 12.8. The van der Waals surface area contributed by atoms with E-state index < -0.39 is 10.0 Å². The van der Waals surface area contributed by atoms with Gasteiger partial charge in [0, 0.05) is 11.8 Å². The predicted molar refractivity (Wildman–Crippen MR) is 109 cm³/mol. The number of hydrogen-bond donors (Lipinski definition) is 2. The molecule has 0 aliphatic heterocycles. The average molecular weight is 380 g/mol. The molecule has 0 heterocycles. The van der Waals surface area contributed by atoms with Gasteiger partial charge in [-0.15, -0.1) is 0 Å². The molecule has 5 nitrogen and oxygen atoms in total. The van der Waals surface area contributed by atoms with E-state index in [4.69, 9.17) is 0 Å². The van der Waals surface area contributed by atoms with Crippen LogP contribution in [-0.4, -0.2) is 19.7 Å². The minimum absolute atomic E-state index is 0.137. The number of aliphatic imine (C=N–C) groups is 1. The number of para-hydroxylation sites is 1. The second-order valence-electron chi connectivity index (χ2n) is 6.23. The minimum atomic E-state index is -3.68. The summed E-state index contributed by atoms with van der Waals surface area (Å²) in [6.07, 6.45) is 1.53. The molecular weight excluding hydrogens is 360 g/mol. The van der Waals surface area contributed by atoms with Crippen molar-refractivity contribution in [3.8, 4) is 5.75 Å². The van der Waals surface area contributed by atoms with Crippen LogP contribution in [0.1, 0.15) is 16.7 Å². The van der Waals surface area contributed by atoms with Gasteiger partial charge in [-0.25, -0.2) is 8.42 Å². The van der Waals surface area contributed by atoms with Gasteiger partial charge in [0.2, 0.25) is 0 Å². The molecule has 0 bridgehead atoms. The highest BCUT2D eigenvalue weighted by Gasteiger charge is 2.15. The number of nitrogens with one attached hydrogen (secondary N) is 1. The van der Waals surface area contributed by atoms with Crippen molar-refractivity contribution in [2.75, 3.05) is 4.72 Å². The van der Waals surface area contributed by atoms with E-state index in [0.717, 1.165) is 11.1 Å². The van der Waals surface area contributed by atoms with Crippen LogP contribution in [0.3, 0.4) is 0 Å². The second-order valence-corrected chi connectivity index (χ2v) is 7.92. The maximum absolute atomic E-state index is 12.6. The van der Waals surface area contributed by atoms with Crippen LogP contribution < -0.4 is 4.72 Å². The first-order valence-corrected chi connectivity index (χ1v) is 9.86. The Balaban J connectivity index is 1.78. The normalized spacial score (nSPS) is 11.6. The molecule has 0 atom stereocenters. The number of aryl methyl sites for hydroxylation is 2. The van der Waals surface area contributed by atoms with E-state index in [-0.39, 0.29) is 10.6 Å². The number of rotatable bonds is 5. The maximum atomic E-state index is 12.6. The molecule has 0 amide bonds. The molecule has 138 valence electrons. The third-order valence-corrected chi connectivity index (χ3v) is 5.44. The van der Waals surface area contributed by atoms with Gasteiger partial charge in [0.1, 0.15) is 5.75 Å². The van der Waals surface area contributed by atoms with Crippen molar-refractivity contribution in [3.05, 3.63) is 83.4 Å². The summed E-state index contributed by atoms with van der Waals surface area (Å²) in [6.45, 7) is 3.82. The Bertz CT molecular complexity index is 1090. The first kappa shape index (κ1) is 18.7. The Morgan fingerprint density at radius 2 is 1.67 bits per heavy atom. The molecule has 0 aliphatic rings. The Labute approximate surface area is 159 Å². The van der Waals surface area contributed by atoms with Crippen LogP contribution >= 0.6 is 0 Å². The van der Waals surface area contributed by atoms with E-state index in [2.05, 4.69) is 9.71 Å². The van der Waals surface area contributed by atoms with Gasteiger partial charge >= 0.3 is 0 Å². The molecule has 0 unspecified atom stereocenters. The molecule has 0 saturated heterocycles. The van der Waals surface area contributed by atoms with Gasteiger partial charge in [-0.05, 0) is 61.9 Å². The maximum Gasteiger partial charge on any atom is 0.261 e. The van der Waals surface area contributed by atoms with Crippen LogP contribution in [0.4, 0.5) is 11.4 Å². The lowest BCUT2D eigenvalue weighted by Crippen LogP contribution is -2.13. The van der Waals surface area contributed by atoms with Crippen LogP contribution in [0.5, 0.6) is 5.75 Å². The molecule has 27 heavy (non-hydrogen) atoms. The van der Waals surface area contributed by atoms with Gasteiger partial charge in [-0.2, -0.15) is 0 Å². The summed E-state index contributed by atoms with van der Waals surface area (Å²) in [5.74, 6) is 0.137. The molecule has 0 fully saturated rings. The van der Waals surface area contributed by atoms with Crippen molar-refractivity contribution in [2.24, 2.45) is 4.99 Å². The van der Waals surface area contributed by atoms with Gasteiger partial charge in [-0.3, -0.25) is 9.71 Å². The summed E-state index contributed by atoms with van der Waals surface area (Å²) in [6, 6.07) is 18.6. The van der Waals surface area contributed by atoms with Crippen LogP contribution in [0.2, 0.25) is 0 Å². The highest BCUT2D eigenvalue weighted by Crippen LogP contribution is 2.23. The molecular formula is C21H20N2O3S. The molecule has 0 radical (unpaired) electrons. The van der Waals surface area contributed by atoms with Gasteiger partial charge < -0.3 is 5.11 Å². The zero-order valence-corrected chi connectivity index (χ0v) is 15.9. The predicted octanol–water partition coefficient (Wildman–Crippen LogP) is 4.56. The van der Waals surface area contributed by atoms with Crippen molar-refractivity contribution in [1.82, 2.24) is 0 Å². The average Bonchev–Trinajstić information content (AvgIpc) is 2.64. The molecule has 6 heteroatoms. The van der Waals surface area contributed by atoms with Crippen molar-refractivity contribution < 1.29 is 13.5 Å². The number of nitrogens with zero attached hydrogens (tertiary/aromatic N) is 1. The van der Waals surface area contributed by atoms with Crippen molar-refractivity contribution in [2.45, 2.75) is 18.7 Å². The fraction of sp³-hybridized carbons (Fsp3) is 0.0952. The smallest absolute Gasteiger partial charge is 0.261 e. The van der Waals surface area contributed by atoms with E-state index in [9.17, 15) is 13.5 Å². The Hall–Kier alpha value is -3.12. The summed E-state index contributed by atoms with van der Waals surface area (Å²) in [5, 5.41) is 9.74. The third-order valence-electron chi connectivity index (χ3n) is 4.06. The van der Waals surface area contributed by atoms with Crippen LogP contribution in [0.15, 0.2) is 76.6 Å². The zero-order valence-electron chi connectivity index (χ0n) is 15.0. The number of anilines is 1. The highest BCUT2D eigenvalue weighted by molar-refractivity contribution is 7.92. The Morgan fingerprint density at radius 3 is 2.33 bits per heavy atom. The fourth-order valence-corrected chi connectivity index (χ4v) is 3.71. The molecule has 0 aliphatic carbocycles. The molecule has 3 aromatic rings. The molecule has 2 N–H and O–H groups in total. The minimum Gasteiger partial charge on any atom is -0.507 e. The van der Waals surface area contributed by atoms with Gasteiger partial charge in [-0.1, -0.05) is 29.8 Å². The quantitative estimate of drug-likeness (QED) is 0.637. The summed E-state index contributed by atoms with van der Waals surface area (Å²) < 4.78 is 27.8. The lowest BCUT2D eigenvalue weighted by Gasteiger charge is -2.11. The monoisotopic (exact) mass is 380 g/mol. The lowest BCUT2D eigenvalue weighted by molar-refractivity contribution is 0.474. The van der Waals surface area contributed by atoms with Crippen LogP contribution in [0.25, 0.3) is 0 Å². The number of phenols is 1. The highest BCUT2D eigenvalue weighted by atomic mass is 32.2. The third kappa shape index (κ3) is 4.54. The van der Waals surface area contributed by atoms with Crippen LogP contribution in [-0.2, 0) is 10.0 Å². The lowest BCUT2D eigenvalue weighted by atomic mass is 10.1. The van der Waals surface area contributed by atoms with Gasteiger partial charge in [0.05, 0.1) is 16.3 Å². The first-order valence-electron chi connectivity index (χ1n) is 8.37. The molecule has 0 spiro atoms. The molecule has 0 saturated carbocycles. The van der Waals surface area contributed by atoms with E-state index in [0.29, 0.717) is 16.9 Å². The molecule has 0 aromatic heterocycles. The van der Waals surface area contributed by atoms with E-state index in [1.807, 2.05) is 26.0 Å². The number of sulfonamides is 1. The number of hydrogen-bond acceptors (Lipinski definition) is 4. The van der Waals surface area contributed by atoms with Gasteiger partial charge in [0.15, 0.2) is 0 Å². The van der Waals surface area contributed by atoms with Crippen LogP contribution in [0, 0.1) is 13.8 Å². The largest absolute Gasteiger partial charge is 0.507 e. The van der Waals surface area contributed by atoms with Crippen molar-refractivity contribution >= 4 is 27.6 Å². The van der Waals surface area contributed by atoms with E-state index in [1.54, 1.807) is 42.5 Å². The Morgan fingerprint density at radius 1 is 0.963 bits per heavy atom. The van der Waals surface area contributed by atoms with Crippen molar-refractivity contribution in [1.29, 1.82) is 0 Å². The van der Waals surface area contributed by atoms with E-state index >= 15 is 0 Å².